The van der Waals surface area contributed by atoms with E-state index in [1.807, 2.05) is 11.4 Å². The first-order valence-electron chi connectivity index (χ1n) is 4.22. The summed E-state index contributed by atoms with van der Waals surface area (Å²) in [5.74, 6) is 0. The maximum atomic E-state index is 11.7. The Bertz CT molecular complexity index is 581. The Labute approximate surface area is 114 Å². The molecule has 7 heteroatoms. The molecule has 0 radical (unpaired) electrons. The quantitative estimate of drug-likeness (QED) is 0.840. The van der Waals surface area contributed by atoms with Crippen molar-refractivity contribution >= 4 is 50.5 Å². The Hall–Kier alpha value is -0.360. The Kier molecular flexibility index (Phi) is 3.69. The second kappa shape index (κ2) is 4.87. The van der Waals surface area contributed by atoms with Crippen LogP contribution in [-0.2, 0) is 6.54 Å². The second-order valence-electron chi connectivity index (χ2n) is 3.00. The molecule has 0 N–H and O–H groups in total. The zero-order chi connectivity index (χ0) is 11.7. The molecule has 0 unspecified atom stereocenters. The number of nitrogens with zero attached hydrogens (tertiary/aromatic N) is 2. The molecule has 2 heterocycles. The summed E-state index contributed by atoms with van der Waals surface area (Å²) in [6.07, 6.45) is 1.37. The monoisotopic (exact) mass is 338 g/mol. The van der Waals surface area contributed by atoms with Crippen LogP contribution in [0.5, 0.6) is 0 Å². The van der Waals surface area contributed by atoms with Gasteiger partial charge in [-0.1, -0.05) is 23.2 Å². The summed E-state index contributed by atoms with van der Waals surface area (Å²) in [4.78, 5) is 12.7. The number of hydrogen-bond acceptors (Lipinski definition) is 3. The normalized spacial score (nSPS) is 10.7. The van der Waals surface area contributed by atoms with Crippen molar-refractivity contribution in [3.8, 4) is 0 Å². The Balaban J connectivity index is 2.36. The summed E-state index contributed by atoms with van der Waals surface area (Å²) in [5.41, 5.74) is -0.376. The molecule has 0 aliphatic rings. The lowest BCUT2D eigenvalue weighted by molar-refractivity contribution is 0.645. The number of halogens is 3. The van der Waals surface area contributed by atoms with Gasteiger partial charge in [0, 0.05) is 14.7 Å². The first kappa shape index (κ1) is 12.1. The molecule has 0 atom stereocenters. The number of hydrogen-bond donors (Lipinski definition) is 0. The first-order valence-corrected chi connectivity index (χ1v) is 6.65. The smallest absolute Gasteiger partial charge is 0.266 e. The Morgan fingerprint density at radius 1 is 1.50 bits per heavy atom. The lowest BCUT2D eigenvalue weighted by atomic mass is 10.4. The molecule has 84 valence electrons. The van der Waals surface area contributed by atoms with Crippen LogP contribution in [0.15, 0.2) is 26.9 Å². The van der Waals surface area contributed by atoms with Gasteiger partial charge in [0.05, 0.1) is 17.8 Å². The molecule has 2 aromatic heterocycles. The minimum Gasteiger partial charge on any atom is -0.266 e. The fourth-order valence-electron chi connectivity index (χ4n) is 1.14. The van der Waals surface area contributed by atoms with Crippen molar-refractivity contribution in [3.05, 3.63) is 47.4 Å². The highest BCUT2D eigenvalue weighted by Gasteiger charge is 2.08. The van der Waals surface area contributed by atoms with Crippen molar-refractivity contribution in [1.29, 1.82) is 0 Å². The molecule has 0 fully saturated rings. The van der Waals surface area contributed by atoms with Gasteiger partial charge in [0.25, 0.3) is 5.56 Å². The molecule has 0 aromatic carbocycles. The average molecular weight is 340 g/mol. The van der Waals surface area contributed by atoms with Gasteiger partial charge in [-0.25, -0.2) is 4.68 Å². The molecule has 3 nitrogen and oxygen atoms in total. The number of aromatic nitrogens is 2. The van der Waals surface area contributed by atoms with Crippen molar-refractivity contribution in [3.63, 3.8) is 0 Å². The molecule has 0 aliphatic heterocycles. The third-order valence-electron chi connectivity index (χ3n) is 1.87. The van der Waals surface area contributed by atoms with Crippen LogP contribution in [0.3, 0.4) is 0 Å². The second-order valence-corrected chi connectivity index (χ2v) is 5.70. The largest absolute Gasteiger partial charge is 0.287 e. The van der Waals surface area contributed by atoms with Crippen molar-refractivity contribution in [2.24, 2.45) is 0 Å². The first-order chi connectivity index (χ1) is 7.58. The number of thiophene rings is 1. The van der Waals surface area contributed by atoms with Crippen LogP contribution in [-0.4, -0.2) is 9.78 Å². The van der Waals surface area contributed by atoms with Gasteiger partial charge in [-0.3, -0.25) is 4.79 Å². The molecule has 0 saturated heterocycles. The summed E-state index contributed by atoms with van der Waals surface area (Å²) < 4.78 is 2.27. The molecular weight excluding hydrogens is 335 g/mol. The lowest BCUT2D eigenvalue weighted by Crippen LogP contribution is -2.23. The summed E-state index contributed by atoms with van der Waals surface area (Å²) in [5, 5.41) is 6.05. The third-order valence-corrected chi connectivity index (χ3v) is 4.30. The van der Waals surface area contributed by atoms with Gasteiger partial charge in [-0.05, 0) is 22.0 Å². The van der Waals surface area contributed by atoms with Crippen molar-refractivity contribution in [1.82, 2.24) is 9.78 Å². The van der Waals surface area contributed by atoms with E-state index in [0.29, 0.717) is 6.54 Å². The van der Waals surface area contributed by atoms with Crippen LogP contribution in [0, 0.1) is 0 Å². The van der Waals surface area contributed by atoms with E-state index >= 15 is 0 Å². The fourth-order valence-corrected chi connectivity index (χ4v) is 2.84. The standard InChI is InChI=1S/C9H5BrCl2N2OS/c10-5-1-6(16-4-5)3-14-9(15)8(12)7(11)2-13-14/h1-2,4H,3H2. The summed E-state index contributed by atoms with van der Waals surface area (Å²) in [7, 11) is 0. The Morgan fingerprint density at radius 2 is 2.25 bits per heavy atom. The van der Waals surface area contributed by atoms with Crippen molar-refractivity contribution in [2.75, 3.05) is 0 Å². The van der Waals surface area contributed by atoms with E-state index in [2.05, 4.69) is 21.0 Å². The van der Waals surface area contributed by atoms with Gasteiger partial charge < -0.3 is 0 Å². The van der Waals surface area contributed by atoms with Crippen LogP contribution in [0.25, 0.3) is 0 Å². The fraction of sp³-hybridized carbons (Fsp3) is 0.111. The molecule has 2 rings (SSSR count). The van der Waals surface area contributed by atoms with Crippen LogP contribution < -0.4 is 5.56 Å². The summed E-state index contributed by atoms with van der Waals surface area (Å²) in [6, 6.07) is 1.93. The van der Waals surface area contributed by atoms with Gasteiger partial charge in [0.2, 0.25) is 0 Å². The minimum atomic E-state index is -0.376. The molecule has 0 saturated carbocycles. The molecule has 0 spiro atoms. The van der Waals surface area contributed by atoms with Crippen LogP contribution >= 0.6 is 50.5 Å². The van der Waals surface area contributed by atoms with Crippen LogP contribution in [0.1, 0.15) is 4.88 Å². The highest BCUT2D eigenvalue weighted by molar-refractivity contribution is 9.10. The van der Waals surface area contributed by atoms with E-state index in [1.54, 1.807) is 11.3 Å². The maximum Gasteiger partial charge on any atom is 0.287 e. The van der Waals surface area contributed by atoms with Crippen molar-refractivity contribution < 1.29 is 0 Å². The van der Waals surface area contributed by atoms with Gasteiger partial charge in [-0.15, -0.1) is 11.3 Å². The summed E-state index contributed by atoms with van der Waals surface area (Å²) >= 11 is 16.3. The van der Waals surface area contributed by atoms with Gasteiger partial charge >= 0.3 is 0 Å². The molecule has 16 heavy (non-hydrogen) atoms. The minimum absolute atomic E-state index is 0.00675. The SMILES string of the molecule is O=c1c(Cl)c(Cl)cnn1Cc1cc(Br)cs1. The summed E-state index contributed by atoms with van der Waals surface area (Å²) in [6.45, 7) is 0.395. The van der Waals surface area contributed by atoms with E-state index in [9.17, 15) is 4.79 Å². The van der Waals surface area contributed by atoms with Gasteiger partial charge in [0.1, 0.15) is 5.02 Å². The van der Waals surface area contributed by atoms with E-state index < -0.39 is 0 Å². The molecular formula is C9H5BrCl2N2OS. The van der Waals surface area contributed by atoms with Crippen LogP contribution in [0.4, 0.5) is 0 Å². The number of rotatable bonds is 2. The molecule has 0 bridgehead atoms. The van der Waals surface area contributed by atoms with E-state index in [-0.39, 0.29) is 15.6 Å². The zero-order valence-corrected chi connectivity index (χ0v) is 11.7. The maximum absolute atomic E-state index is 11.7. The lowest BCUT2D eigenvalue weighted by Gasteiger charge is -2.03. The molecule has 0 aliphatic carbocycles. The highest BCUT2D eigenvalue weighted by Crippen LogP contribution is 2.20. The zero-order valence-electron chi connectivity index (χ0n) is 7.78. The van der Waals surface area contributed by atoms with E-state index in [0.717, 1.165) is 9.35 Å². The predicted octanol–water partition coefficient (Wildman–Crippen LogP) is 3.42. The van der Waals surface area contributed by atoms with Crippen molar-refractivity contribution in [2.45, 2.75) is 6.54 Å². The average Bonchev–Trinajstić information content (AvgIpc) is 2.65. The molecule has 0 amide bonds. The Morgan fingerprint density at radius 3 is 2.88 bits per heavy atom. The van der Waals surface area contributed by atoms with E-state index in [4.69, 9.17) is 23.2 Å². The highest BCUT2D eigenvalue weighted by atomic mass is 79.9. The predicted molar refractivity (Wildman–Crippen MR) is 69.6 cm³/mol. The molecule has 2 aromatic rings. The van der Waals surface area contributed by atoms with Crippen LogP contribution in [0.2, 0.25) is 10.0 Å². The van der Waals surface area contributed by atoms with Gasteiger partial charge in [-0.2, -0.15) is 5.10 Å². The van der Waals surface area contributed by atoms with E-state index in [1.165, 1.54) is 10.9 Å². The third kappa shape index (κ3) is 2.48. The topological polar surface area (TPSA) is 34.9 Å². The van der Waals surface area contributed by atoms with Gasteiger partial charge in [0.15, 0.2) is 0 Å².